The van der Waals surface area contributed by atoms with Crippen LogP contribution in [0.1, 0.15) is 46.7 Å². The van der Waals surface area contributed by atoms with Crippen molar-refractivity contribution in [1.82, 2.24) is 0 Å². The molecular formula is C28H21ClN2O4. The smallest absolute Gasteiger partial charge is 0.259 e. The van der Waals surface area contributed by atoms with Crippen molar-refractivity contribution in [2.45, 2.75) is 24.8 Å². The molecule has 0 unspecified atom stereocenters. The molecule has 2 aliphatic rings. The normalized spacial score (nSPS) is 19.6. The molecule has 0 spiro atoms. The fourth-order valence-corrected chi connectivity index (χ4v) is 5.11. The SMILES string of the molecule is O=C1C[C@@H](c2ccco2)CC2=C1[C@H](c1ccco1)N(C(=O)c1ccc(Cl)cc1)c1ccccc1N2. The minimum Gasteiger partial charge on any atom is -0.469 e. The van der Waals surface area contributed by atoms with Gasteiger partial charge in [0.2, 0.25) is 0 Å². The highest BCUT2D eigenvalue weighted by atomic mass is 35.5. The van der Waals surface area contributed by atoms with E-state index in [1.54, 1.807) is 53.8 Å². The van der Waals surface area contributed by atoms with Crippen LogP contribution in [-0.2, 0) is 4.79 Å². The lowest BCUT2D eigenvalue weighted by molar-refractivity contribution is -0.116. The van der Waals surface area contributed by atoms with Crippen molar-refractivity contribution in [1.29, 1.82) is 0 Å². The Morgan fingerprint density at radius 2 is 1.60 bits per heavy atom. The van der Waals surface area contributed by atoms with Crippen molar-refractivity contribution in [3.63, 3.8) is 0 Å². The quantitative estimate of drug-likeness (QED) is 0.348. The number of carbonyl (C=O) groups is 2. The minimum atomic E-state index is -0.732. The van der Waals surface area contributed by atoms with Gasteiger partial charge in [-0.3, -0.25) is 14.5 Å². The maximum Gasteiger partial charge on any atom is 0.259 e. The number of Topliss-reactive ketones (excluding diaryl/α,β-unsaturated/α-hetero) is 1. The lowest BCUT2D eigenvalue weighted by Crippen LogP contribution is -2.38. The van der Waals surface area contributed by atoms with E-state index in [1.165, 1.54) is 0 Å². The number of benzene rings is 2. The Hall–Kier alpha value is -4.03. The molecule has 3 heterocycles. The first-order chi connectivity index (χ1) is 17.1. The van der Waals surface area contributed by atoms with Crippen molar-refractivity contribution < 1.29 is 18.4 Å². The number of halogens is 1. The number of furan rings is 2. The Bertz CT molecular complexity index is 1420. The van der Waals surface area contributed by atoms with Crippen LogP contribution < -0.4 is 10.2 Å². The number of allylic oxidation sites excluding steroid dienone is 1. The van der Waals surface area contributed by atoms with Crippen LogP contribution >= 0.6 is 11.6 Å². The van der Waals surface area contributed by atoms with Gasteiger partial charge in [0.05, 0.1) is 23.9 Å². The molecular weight excluding hydrogens is 464 g/mol. The summed E-state index contributed by atoms with van der Waals surface area (Å²) in [6.45, 7) is 0. The topological polar surface area (TPSA) is 75.7 Å². The first kappa shape index (κ1) is 21.5. The second-order valence-electron chi connectivity index (χ2n) is 8.68. The third-order valence-corrected chi connectivity index (χ3v) is 6.81. The number of nitrogens with one attached hydrogen (secondary N) is 1. The Labute approximate surface area is 206 Å². The molecule has 0 saturated heterocycles. The summed E-state index contributed by atoms with van der Waals surface area (Å²) in [5.41, 5.74) is 3.15. The molecule has 7 heteroatoms. The van der Waals surface area contributed by atoms with Crippen LogP contribution in [0.3, 0.4) is 0 Å². The van der Waals surface area contributed by atoms with Crippen LogP contribution in [0.4, 0.5) is 11.4 Å². The van der Waals surface area contributed by atoms with Crippen molar-refractivity contribution in [3.05, 3.63) is 119 Å². The number of ketones is 1. The molecule has 0 radical (unpaired) electrons. The largest absolute Gasteiger partial charge is 0.469 e. The number of rotatable bonds is 3. The van der Waals surface area contributed by atoms with E-state index in [0.717, 1.165) is 17.1 Å². The first-order valence-electron chi connectivity index (χ1n) is 11.4. The highest BCUT2D eigenvalue weighted by Crippen LogP contribution is 2.47. The second-order valence-corrected chi connectivity index (χ2v) is 9.11. The zero-order chi connectivity index (χ0) is 23.9. The Kier molecular flexibility index (Phi) is 5.30. The maximum absolute atomic E-state index is 14.0. The number of hydrogen-bond donors (Lipinski definition) is 1. The van der Waals surface area contributed by atoms with Gasteiger partial charge in [0.15, 0.2) is 5.78 Å². The van der Waals surface area contributed by atoms with Crippen LogP contribution in [-0.4, -0.2) is 11.7 Å². The first-order valence-corrected chi connectivity index (χ1v) is 11.8. The van der Waals surface area contributed by atoms with Crippen molar-refractivity contribution in [3.8, 4) is 0 Å². The average Bonchev–Trinajstić information content (AvgIpc) is 3.57. The van der Waals surface area contributed by atoms with Crippen LogP contribution in [0, 0.1) is 0 Å². The number of carbonyl (C=O) groups excluding carboxylic acids is 2. The molecule has 6 nitrogen and oxygen atoms in total. The Morgan fingerprint density at radius 1 is 0.886 bits per heavy atom. The summed E-state index contributed by atoms with van der Waals surface area (Å²) in [7, 11) is 0. The van der Waals surface area contributed by atoms with Gasteiger partial charge >= 0.3 is 0 Å². The minimum absolute atomic E-state index is 0.0525. The third kappa shape index (κ3) is 3.76. The molecule has 2 atom stereocenters. The molecule has 2 aromatic heterocycles. The summed E-state index contributed by atoms with van der Waals surface area (Å²) in [6.07, 6.45) is 4.04. The Morgan fingerprint density at radius 3 is 2.31 bits per heavy atom. The average molecular weight is 485 g/mol. The fraction of sp³-hybridized carbons (Fsp3) is 0.143. The van der Waals surface area contributed by atoms with E-state index in [-0.39, 0.29) is 24.0 Å². The van der Waals surface area contributed by atoms with Gasteiger partial charge in [-0.1, -0.05) is 23.7 Å². The Balaban J connectivity index is 1.55. The predicted molar refractivity (Wildman–Crippen MR) is 132 cm³/mol. The molecule has 0 bridgehead atoms. The van der Waals surface area contributed by atoms with E-state index in [1.807, 2.05) is 36.4 Å². The predicted octanol–water partition coefficient (Wildman–Crippen LogP) is 6.74. The molecule has 6 rings (SSSR count). The third-order valence-electron chi connectivity index (χ3n) is 6.56. The molecule has 35 heavy (non-hydrogen) atoms. The van der Waals surface area contributed by atoms with Gasteiger partial charge < -0.3 is 14.2 Å². The number of para-hydroxylation sites is 2. The summed E-state index contributed by atoms with van der Waals surface area (Å²) in [5.74, 6) is 0.887. The van der Waals surface area contributed by atoms with Crippen LogP contribution in [0.5, 0.6) is 0 Å². The zero-order valence-electron chi connectivity index (χ0n) is 18.6. The van der Waals surface area contributed by atoms with E-state index in [0.29, 0.717) is 34.0 Å². The van der Waals surface area contributed by atoms with Gasteiger partial charge in [0.1, 0.15) is 17.6 Å². The van der Waals surface area contributed by atoms with E-state index in [9.17, 15) is 9.59 Å². The fourth-order valence-electron chi connectivity index (χ4n) is 4.99. The molecule has 2 aromatic carbocycles. The molecule has 1 aliphatic heterocycles. The summed E-state index contributed by atoms with van der Waals surface area (Å²) in [4.78, 5) is 29.4. The summed E-state index contributed by atoms with van der Waals surface area (Å²) in [5, 5.41) is 4.02. The second kappa shape index (κ2) is 8.64. The van der Waals surface area contributed by atoms with Gasteiger partial charge in [0.25, 0.3) is 5.91 Å². The molecule has 1 amide bonds. The van der Waals surface area contributed by atoms with Gasteiger partial charge in [0, 0.05) is 34.2 Å². The molecule has 4 aromatic rings. The van der Waals surface area contributed by atoms with E-state index >= 15 is 0 Å². The molecule has 0 fully saturated rings. The van der Waals surface area contributed by atoms with Crippen LogP contribution in [0.25, 0.3) is 0 Å². The van der Waals surface area contributed by atoms with Gasteiger partial charge in [-0.2, -0.15) is 0 Å². The number of amides is 1. The molecule has 1 N–H and O–H groups in total. The summed E-state index contributed by atoms with van der Waals surface area (Å²) in [6, 6.07) is 20.9. The van der Waals surface area contributed by atoms with Crippen molar-refractivity contribution in [2.24, 2.45) is 0 Å². The van der Waals surface area contributed by atoms with Crippen molar-refractivity contribution in [2.75, 3.05) is 10.2 Å². The van der Waals surface area contributed by atoms with Gasteiger partial charge in [-0.15, -0.1) is 0 Å². The molecule has 1 aliphatic carbocycles. The lowest BCUT2D eigenvalue weighted by atomic mass is 9.81. The highest BCUT2D eigenvalue weighted by molar-refractivity contribution is 6.30. The lowest BCUT2D eigenvalue weighted by Gasteiger charge is -2.33. The van der Waals surface area contributed by atoms with Gasteiger partial charge in [-0.05, 0) is 67.1 Å². The van der Waals surface area contributed by atoms with E-state index < -0.39 is 6.04 Å². The van der Waals surface area contributed by atoms with E-state index in [4.69, 9.17) is 20.4 Å². The maximum atomic E-state index is 14.0. The van der Waals surface area contributed by atoms with Crippen LogP contribution in [0.15, 0.2) is 105 Å². The highest BCUT2D eigenvalue weighted by Gasteiger charge is 2.43. The number of hydrogen-bond acceptors (Lipinski definition) is 5. The van der Waals surface area contributed by atoms with E-state index in [2.05, 4.69) is 5.32 Å². The molecule has 0 saturated carbocycles. The van der Waals surface area contributed by atoms with Crippen molar-refractivity contribution >= 4 is 34.7 Å². The number of fused-ring (bicyclic) bond motifs is 1. The summed E-state index contributed by atoms with van der Waals surface area (Å²) < 4.78 is 11.5. The monoisotopic (exact) mass is 484 g/mol. The van der Waals surface area contributed by atoms with Gasteiger partial charge in [-0.25, -0.2) is 0 Å². The molecule has 174 valence electrons. The standard InChI is InChI=1S/C28H21ClN2O4/c29-19-11-9-17(10-12-19)28(33)31-22-6-2-1-5-20(22)30-21-15-18(24-7-3-13-34-24)16-23(32)26(21)27(31)25-8-4-14-35-25/h1-14,18,27,30H,15-16H2/t18-,27-/m0/s1. The zero-order valence-corrected chi connectivity index (χ0v) is 19.4. The summed E-state index contributed by atoms with van der Waals surface area (Å²) >= 11 is 6.08. The number of nitrogens with zero attached hydrogens (tertiary/aromatic N) is 1. The van der Waals surface area contributed by atoms with Crippen LogP contribution in [0.2, 0.25) is 5.02 Å². The number of anilines is 2.